The molecule has 0 saturated carbocycles. The number of anilines is 2. The molecule has 0 amide bonds. The molecular formula is C11H20BrN5. The first-order valence-electron chi connectivity index (χ1n) is 5.83. The lowest BCUT2D eigenvalue weighted by atomic mass is 10.3. The molecule has 1 heterocycles. The minimum absolute atomic E-state index is 0.306. The van der Waals surface area contributed by atoms with Gasteiger partial charge < -0.3 is 16.0 Å². The molecule has 96 valence electrons. The number of halogens is 1. The maximum absolute atomic E-state index is 5.70. The Morgan fingerprint density at radius 1 is 1.41 bits per heavy atom. The van der Waals surface area contributed by atoms with Crippen molar-refractivity contribution in [3.05, 3.63) is 10.8 Å². The summed E-state index contributed by atoms with van der Waals surface area (Å²) in [5.41, 5.74) is 5.70. The van der Waals surface area contributed by atoms with Crippen molar-refractivity contribution in [2.24, 2.45) is 0 Å². The zero-order chi connectivity index (χ0) is 12.8. The molecule has 0 saturated heterocycles. The summed E-state index contributed by atoms with van der Waals surface area (Å²) in [6.07, 6.45) is 1.46. The van der Waals surface area contributed by atoms with Gasteiger partial charge in [-0.2, -0.15) is 0 Å². The standard InChI is InChI=1S/C11H20BrN5/c1-4-17(5-2)6-8(3)16-11-9(12)10(13)14-7-15-11/h7-8H,4-6H2,1-3H3,(H3,13,14,15,16). The van der Waals surface area contributed by atoms with Crippen molar-refractivity contribution in [3.8, 4) is 0 Å². The van der Waals surface area contributed by atoms with Crippen molar-refractivity contribution >= 4 is 27.6 Å². The normalized spacial score (nSPS) is 12.8. The second-order valence-electron chi connectivity index (χ2n) is 3.95. The van der Waals surface area contributed by atoms with Gasteiger partial charge >= 0.3 is 0 Å². The molecule has 1 unspecified atom stereocenters. The van der Waals surface area contributed by atoms with Crippen LogP contribution < -0.4 is 11.1 Å². The van der Waals surface area contributed by atoms with Crippen molar-refractivity contribution < 1.29 is 0 Å². The topological polar surface area (TPSA) is 67.1 Å². The molecule has 0 aliphatic rings. The smallest absolute Gasteiger partial charge is 0.146 e. The van der Waals surface area contributed by atoms with E-state index < -0.39 is 0 Å². The molecule has 5 nitrogen and oxygen atoms in total. The van der Waals surface area contributed by atoms with Gasteiger partial charge in [-0.1, -0.05) is 13.8 Å². The fraction of sp³-hybridized carbons (Fsp3) is 0.636. The van der Waals surface area contributed by atoms with E-state index in [2.05, 4.69) is 56.9 Å². The number of aromatic nitrogens is 2. The Labute approximate surface area is 111 Å². The lowest BCUT2D eigenvalue weighted by molar-refractivity contribution is 0.294. The Morgan fingerprint density at radius 3 is 2.65 bits per heavy atom. The van der Waals surface area contributed by atoms with Gasteiger partial charge in [0.2, 0.25) is 0 Å². The molecule has 0 spiro atoms. The molecule has 0 fully saturated rings. The Morgan fingerprint density at radius 2 is 2.06 bits per heavy atom. The van der Waals surface area contributed by atoms with Crippen LogP contribution in [0.2, 0.25) is 0 Å². The predicted molar refractivity (Wildman–Crippen MR) is 75.0 cm³/mol. The fourth-order valence-electron chi connectivity index (χ4n) is 1.63. The van der Waals surface area contributed by atoms with Gasteiger partial charge in [0.05, 0.1) is 0 Å². The highest BCUT2D eigenvalue weighted by atomic mass is 79.9. The molecule has 0 aliphatic heterocycles. The van der Waals surface area contributed by atoms with E-state index in [4.69, 9.17) is 5.73 Å². The third-order valence-electron chi connectivity index (χ3n) is 2.63. The van der Waals surface area contributed by atoms with Crippen LogP contribution in [0.4, 0.5) is 11.6 Å². The molecular weight excluding hydrogens is 282 g/mol. The minimum atomic E-state index is 0.306. The second-order valence-corrected chi connectivity index (χ2v) is 4.75. The van der Waals surface area contributed by atoms with E-state index in [0.29, 0.717) is 11.9 Å². The number of likely N-dealkylation sites (N-methyl/N-ethyl adjacent to an activating group) is 1. The van der Waals surface area contributed by atoms with Crippen molar-refractivity contribution in [2.75, 3.05) is 30.7 Å². The average Bonchev–Trinajstić information content (AvgIpc) is 2.32. The maximum Gasteiger partial charge on any atom is 0.146 e. The van der Waals surface area contributed by atoms with Crippen LogP contribution in [0.5, 0.6) is 0 Å². The van der Waals surface area contributed by atoms with E-state index >= 15 is 0 Å². The lowest BCUT2D eigenvalue weighted by Crippen LogP contribution is -2.35. The molecule has 0 bridgehead atoms. The van der Waals surface area contributed by atoms with Gasteiger partial charge in [0, 0.05) is 12.6 Å². The molecule has 1 aromatic rings. The van der Waals surface area contributed by atoms with Gasteiger partial charge in [0.25, 0.3) is 0 Å². The van der Waals surface area contributed by atoms with Gasteiger partial charge in [-0.15, -0.1) is 0 Å². The summed E-state index contributed by atoms with van der Waals surface area (Å²) >= 11 is 3.38. The molecule has 1 atom stereocenters. The third kappa shape index (κ3) is 4.12. The summed E-state index contributed by atoms with van der Waals surface area (Å²) in [4.78, 5) is 10.4. The van der Waals surface area contributed by atoms with Crippen LogP contribution in [0.15, 0.2) is 10.8 Å². The Bertz CT molecular complexity index is 354. The molecule has 1 aromatic heterocycles. The average molecular weight is 302 g/mol. The number of nitrogen functional groups attached to an aromatic ring is 1. The second kappa shape index (κ2) is 6.76. The first kappa shape index (κ1) is 14.2. The van der Waals surface area contributed by atoms with Crippen LogP contribution in [0.1, 0.15) is 20.8 Å². The van der Waals surface area contributed by atoms with E-state index in [1.54, 1.807) is 0 Å². The van der Waals surface area contributed by atoms with E-state index in [9.17, 15) is 0 Å². The third-order valence-corrected chi connectivity index (χ3v) is 3.41. The summed E-state index contributed by atoms with van der Waals surface area (Å²) in [6, 6.07) is 0.306. The highest BCUT2D eigenvalue weighted by Gasteiger charge is 2.11. The zero-order valence-electron chi connectivity index (χ0n) is 10.6. The molecule has 0 aliphatic carbocycles. The van der Waals surface area contributed by atoms with Crippen LogP contribution in [-0.4, -0.2) is 40.5 Å². The Kier molecular flexibility index (Phi) is 5.64. The summed E-state index contributed by atoms with van der Waals surface area (Å²) in [5.74, 6) is 1.20. The van der Waals surface area contributed by atoms with Crippen molar-refractivity contribution in [2.45, 2.75) is 26.8 Å². The highest BCUT2D eigenvalue weighted by Crippen LogP contribution is 2.24. The quantitative estimate of drug-likeness (QED) is 0.841. The van der Waals surface area contributed by atoms with Crippen LogP contribution in [0, 0.1) is 0 Å². The SMILES string of the molecule is CCN(CC)CC(C)Nc1ncnc(N)c1Br. The molecule has 3 N–H and O–H groups in total. The Balaban J connectivity index is 2.61. The van der Waals surface area contributed by atoms with Crippen molar-refractivity contribution in [1.29, 1.82) is 0 Å². The largest absolute Gasteiger partial charge is 0.383 e. The first-order chi connectivity index (χ1) is 8.08. The first-order valence-corrected chi connectivity index (χ1v) is 6.62. The number of nitrogens with one attached hydrogen (secondary N) is 1. The van der Waals surface area contributed by atoms with Crippen LogP contribution >= 0.6 is 15.9 Å². The molecule has 1 rings (SSSR count). The van der Waals surface area contributed by atoms with Crippen LogP contribution in [-0.2, 0) is 0 Å². The molecule has 0 radical (unpaired) electrons. The van der Waals surface area contributed by atoms with E-state index in [0.717, 1.165) is 29.9 Å². The summed E-state index contributed by atoms with van der Waals surface area (Å²) in [5, 5.41) is 3.33. The molecule has 6 heteroatoms. The Hall–Kier alpha value is -0.880. The maximum atomic E-state index is 5.70. The van der Waals surface area contributed by atoms with E-state index in [-0.39, 0.29) is 0 Å². The monoisotopic (exact) mass is 301 g/mol. The number of nitrogens with two attached hydrogens (primary N) is 1. The minimum Gasteiger partial charge on any atom is -0.383 e. The van der Waals surface area contributed by atoms with E-state index in [1.807, 2.05) is 0 Å². The number of hydrogen-bond acceptors (Lipinski definition) is 5. The van der Waals surface area contributed by atoms with Crippen molar-refractivity contribution in [1.82, 2.24) is 14.9 Å². The van der Waals surface area contributed by atoms with Crippen LogP contribution in [0.25, 0.3) is 0 Å². The molecule has 0 aromatic carbocycles. The van der Waals surface area contributed by atoms with Gasteiger partial charge in [0.15, 0.2) is 0 Å². The highest BCUT2D eigenvalue weighted by molar-refractivity contribution is 9.10. The lowest BCUT2D eigenvalue weighted by Gasteiger charge is -2.24. The summed E-state index contributed by atoms with van der Waals surface area (Å²) in [7, 11) is 0. The zero-order valence-corrected chi connectivity index (χ0v) is 12.2. The predicted octanol–water partition coefficient (Wildman–Crippen LogP) is 1.96. The van der Waals surface area contributed by atoms with Crippen LogP contribution in [0.3, 0.4) is 0 Å². The summed E-state index contributed by atoms with van der Waals surface area (Å²) in [6.45, 7) is 9.53. The van der Waals surface area contributed by atoms with Gasteiger partial charge in [-0.3, -0.25) is 0 Å². The number of rotatable bonds is 6. The van der Waals surface area contributed by atoms with Gasteiger partial charge in [-0.05, 0) is 35.9 Å². The number of nitrogens with zero attached hydrogens (tertiary/aromatic N) is 3. The number of hydrogen-bond donors (Lipinski definition) is 2. The van der Waals surface area contributed by atoms with E-state index in [1.165, 1.54) is 6.33 Å². The van der Waals surface area contributed by atoms with Crippen molar-refractivity contribution in [3.63, 3.8) is 0 Å². The van der Waals surface area contributed by atoms with Gasteiger partial charge in [-0.25, -0.2) is 9.97 Å². The van der Waals surface area contributed by atoms with Gasteiger partial charge in [0.1, 0.15) is 22.4 Å². The summed E-state index contributed by atoms with van der Waals surface area (Å²) < 4.78 is 0.728. The fourth-order valence-corrected chi connectivity index (χ4v) is 1.95. The molecule has 17 heavy (non-hydrogen) atoms.